The van der Waals surface area contributed by atoms with Crippen molar-refractivity contribution in [1.29, 1.82) is 0 Å². The number of hydrogen-bond acceptors (Lipinski definition) is 3. The Morgan fingerprint density at radius 2 is 1.66 bits per heavy atom. The molecule has 0 N–H and O–H groups in total. The summed E-state index contributed by atoms with van der Waals surface area (Å²) in [5, 5.41) is 0. The summed E-state index contributed by atoms with van der Waals surface area (Å²) in [7, 11) is -3.50. The molecule has 1 aliphatic carbocycles. The Kier molecular flexibility index (Phi) is 6.74. The quantitative estimate of drug-likeness (QED) is 0.669. The molecule has 1 amide bonds. The van der Waals surface area contributed by atoms with Gasteiger partial charge >= 0.3 is 0 Å². The van der Waals surface area contributed by atoms with Crippen molar-refractivity contribution in [1.82, 2.24) is 9.21 Å². The van der Waals surface area contributed by atoms with E-state index in [1.54, 1.807) is 16.4 Å². The summed E-state index contributed by atoms with van der Waals surface area (Å²) in [5.74, 6) is 0.863. The number of amides is 1. The van der Waals surface area contributed by atoms with Gasteiger partial charge in [0, 0.05) is 32.1 Å². The number of carbonyl (C=O) groups is 1. The summed E-state index contributed by atoms with van der Waals surface area (Å²) in [6.07, 6.45) is 4.67. The molecular weight excluding hydrogens is 384 g/mol. The van der Waals surface area contributed by atoms with Crippen LogP contribution in [0.15, 0.2) is 29.2 Å². The van der Waals surface area contributed by atoms with E-state index in [0.717, 1.165) is 25.1 Å². The van der Waals surface area contributed by atoms with E-state index in [9.17, 15) is 13.2 Å². The van der Waals surface area contributed by atoms with E-state index < -0.39 is 10.0 Å². The minimum Gasteiger partial charge on any atom is -0.342 e. The second-order valence-corrected chi connectivity index (χ2v) is 11.6. The molecule has 1 heterocycles. The number of benzene rings is 1. The normalized spacial score (nSPS) is 19.3. The van der Waals surface area contributed by atoms with Gasteiger partial charge in [-0.3, -0.25) is 4.79 Å². The maximum Gasteiger partial charge on any atom is 0.243 e. The summed E-state index contributed by atoms with van der Waals surface area (Å²) in [5.41, 5.74) is 1.11. The van der Waals surface area contributed by atoms with Crippen LogP contribution < -0.4 is 0 Å². The Morgan fingerprint density at radius 3 is 2.14 bits per heavy atom. The second-order valence-electron chi connectivity index (χ2n) is 9.68. The summed E-state index contributed by atoms with van der Waals surface area (Å²) in [6.45, 7) is 11.0. The molecule has 0 spiro atoms. The first-order chi connectivity index (χ1) is 13.6. The highest BCUT2D eigenvalue weighted by atomic mass is 32.2. The molecule has 5 nitrogen and oxygen atoms in total. The molecule has 2 aliphatic rings. The average Bonchev–Trinajstić information content (AvgIpc) is 3.51. The molecule has 162 valence electrons. The number of sulfonamides is 1. The molecule has 0 aromatic heterocycles. The summed E-state index contributed by atoms with van der Waals surface area (Å²) < 4.78 is 27.6. The third-order valence-electron chi connectivity index (χ3n) is 6.14. The highest BCUT2D eigenvalue weighted by molar-refractivity contribution is 7.89. The van der Waals surface area contributed by atoms with Crippen molar-refractivity contribution >= 4 is 15.9 Å². The van der Waals surface area contributed by atoms with Gasteiger partial charge in [-0.25, -0.2) is 8.42 Å². The van der Waals surface area contributed by atoms with Gasteiger partial charge in [0.1, 0.15) is 0 Å². The predicted molar refractivity (Wildman–Crippen MR) is 116 cm³/mol. The van der Waals surface area contributed by atoms with Crippen LogP contribution in [0.2, 0.25) is 0 Å². The Balaban J connectivity index is 1.62. The van der Waals surface area contributed by atoms with Crippen LogP contribution in [0.1, 0.15) is 65.4 Å². The fraction of sp³-hybridized carbons (Fsp3) is 0.696. The first-order valence-corrected chi connectivity index (χ1v) is 12.5. The lowest BCUT2D eigenvalue weighted by atomic mass is 9.87. The van der Waals surface area contributed by atoms with Gasteiger partial charge < -0.3 is 4.90 Å². The minimum atomic E-state index is -3.50. The van der Waals surface area contributed by atoms with E-state index in [2.05, 4.69) is 27.7 Å². The van der Waals surface area contributed by atoms with Crippen LogP contribution >= 0.6 is 0 Å². The maximum atomic E-state index is 13.0. The van der Waals surface area contributed by atoms with Crippen molar-refractivity contribution in [2.24, 2.45) is 11.8 Å². The van der Waals surface area contributed by atoms with Gasteiger partial charge in [-0.15, -0.1) is 0 Å². The molecular formula is C23H36N2O3S. The van der Waals surface area contributed by atoms with Crippen LogP contribution in [0.3, 0.4) is 0 Å². The van der Waals surface area contributed by atoms with Crippen LogP contribution in [0, 0.1) is 11.8 Å². The van der Waals surface area contributed by atoms with Crippen molar-refractivity contribution in [2.75, 3.05) is 26.2 Å². The zero-order chi connectivity index (χ0) is 21.2. The second kappa shape index (κ2) is 8.76. The lowest BCUT2D eigenvalue weighted by molar-refractivity contribution is -0.137. The van der Waals surface area contributed by atoms with E-state index in [-0.39, 0.29) is 17.2 Å². The largest absolute Gasteiger partial charge is 0.342 e. The van der Waals surface area contributed by atoms with Crippen LogP contribution in [0.5, 0.6) is 0 Å². The van der Waals surface area contributed by atoms with Crippen molar-refractivity contribution in [3.05, 3.63) is 29.8 Å². The molecule has 0 bridgehead atoms. The zero-order valence-corrected chi connectivity index (χ0v) is 19.2. The van der Waals surface area contributed by atoms with Gasteiger partial charge in [-0.1, -0.05) is 39.8 Å². The summed E-state index contributed by atoms with van der Waals surface area (Å²) >= 11 is 0. The maximum absolute atomic E-state index is 13.0. The SMILES string of the molecule is CCCN(CC1CC1)C(=O)C1CCN(S(=O)(=O)c2ccc(C(C)(C)C)cc2)CC1. The third kappa shape index (κ3) is 5.40. The van der Waals surface area contributed by atoms with Gasteiger partial charge in [-0.2, -0.15) is 4.31 Å². The number of carbonyl (C=O) groups excluding carboxylic acids is 1. The molecule has 0 atom stereocenters. The highest BCUT2D eigenvalue weighted by Gasteiger charge is 2.35. The van der Waals surface area contributed by atoms with E-state index in [1.165, 1.54) is 12.8 Å². The Labute approximate surface area is 176 Å². The van der Waals surface area contributed by atoms with E-state index >= 15 is 0 Å². The van der Waals surface area contributed by atoms with Crippen LogP contribution in [0.4, 0.5) is 0 Å². The first-order valence-electron chi connectivity index (χ1n) is 11.0. The summed E-state index contributed by atoms with van der Waals surface area (Å²) in [4.78, 5) is 15.3. The topological polar surface area (TPSA) is 57.7 Å². The molecule has 1 aromatic carbocycles. The highest BCUT2D eigenvalue weighted by Crippen LogP contribution is 2.32. The van der Waals surface area contributed by atoms with Gasteiger partial charge in [-0.05, 0) is 61.1 Å². The van der Waals surface area contributed by atoms with Crippen LogP contribution in [-0.4, -0.2) is 49.7 Å². The number of nitrogens with zero attached hydrogens (tertiary/aromatic N) is 2. The third-order valence-corrected chi connectivity index (χ3v) is 8.05. The van der Waals surface area contributed by atoms with E-state index in [1.807, 2.05) is 17.0 Å². The standard InChI is InChI=1S/C23H36N2O3S/c1-5-14-24(17-18-6-7-18)22(26)19-12-15-25(16-13-19)29(27,28)21-10-8-20(9-11-21)23(2,3)4/h8-11,18-19H,5-7,12-17H2,1-4H3. The van der Waals surface area contributed by atoms with Crippen molar-refractivity contribution in [2.45, 2.75) is 70.1 Å². The van der Waals surface area contributed by atoms with E-state index in [4.69, 9.17) is 0 Å². The Hall–Kier alpha value is -1.40. The molecule has 29 heavy (non-hydrogen) atoms. The molecule has 1 saturated heterocycles. The minimum absolute atomic E-state index is 0.00811. The fourth-order valence-electron chi connectivity index (χ4n) is 4.05. The Morgan fingerprint density at radius 1 is 1.07 bits per heavy atom. The number of rotatable bonds is 7. The van der Waals surface area contributed by atoms with Crippen molar-refractivity contribution in [3.63, 3.8) is 0 Å². The molecule has 1 saturated carbocycles. The van der Waals surface area contributed by atoms with Crippen LogP contribution in [-0.2, 0) is 20.2 Å². The fourth-order valence-corrected chi connectivity index (χ4v) is 5.52. The molecule has 0 unspecified atom stereocenters. The molecule has 6 heteroatoms. The van der Waals surface area contributed by atoms with Gasteiger partial charge in [0.2, 0.25) is 15.9 Å². The molecule has 1 aromatic rings. The van der Waals surface area contributed by atoms with Gasteiger partial charge in [0.15, 0.2) is 0 Å². The zero-order valence-electron chi connectivity index (χ0n) is 18.4. The summed E-state index contributed by atoms with van der Waals surface area (Å²) in [6, 6.07) is 7.24. The average molecular weight is 421 g/mol. The van der Waals surface area contributed by atoms with Gasteiger partial charge in [0.25, 0.3) is 0 Å². The lowest BCUT2D eigenvalue weighted by Gasteiger charge is -2.34. The molecule has 0 radical (unpaired) electrons. The van der Waals surface area contributed by atoms with Crippen molar-refractivity contribution < 1.29 is 13.2 Å². The molecule has 2 fully saturated rings. The predicted octanol–water partition coefficient (Wildman–Crippen LogP) is 4.03. The smallest absolute Gasteiger partial charge is 0.243 e. The van der Waals surface area contributed by atoms with E-state index in [0.29, 0.717) is 36.7 Å². The van der Waals surface area contributed by atoms with Gasteiger partial charge in [0.05, 0.1) is 4.90 Å². The number of hydrogen-bond donors (Lipinski definition) is 0. The monoisotopic (exact) mass is 420 g/mol. The number of piperidine rings is 1. The van der Waals surface area contributed by atoms with Crippen LogP contribution in [0.25, 0.3) is 0 Å². The Bertz CT molecular complexity index is 800. The molecule has 3 rings (SSSR count). The lowest BCUT2D eigenvalue weighted by Crippen LogP contribution is -2.45. The molecule has 1 aliphatic heterocycles. The first kappa shape index (κ1) is 22.3. The van der Waals surface area contributed by atoms with Crippen molar-refractivity contribution in [3.8, 4) is 0 Å².